The number of benzene rings is 1. The quantitative estimate of drug-likeness (QED) is 0.689. The summed E-state index contributed by atoms with van der Waals surface area (Å²) >= 11 is 2.99. The summed E-state index contributed by atoms with van der Waals surface area (Å²) in [6.07, 6.45) is 0. The van der Waals surface area contributed by atoms with Gasteiger partial charge in [0.2, 0.25) is 0 Å². The monoisotopic (exact) mass is 289 g/mol. The number of hydrogen-bond acceptors (Lipinski definition) is 1. The molecular formula is C9H7NSe2. The molecule has 0 atom stereocenters. The Morgan fingerprint density at radius 2 is 1.92 bits per heavy atom. The van der Waals surface area contributed by atoms with Crippen LogP contribution in [0.15, 0.2) is 35.3 Å². The first-order valence-electron chi connectivity index (χ1n) is 3.56. The van der Waals surface area contributed by atoms with Gasteiger partial charge in [-0.15, -0.1) is 0 Å². The second-order valence-electron chi connectivity index (χ2n) is 2.38. The van der Waals surface area contributed by atoms with Crippen molar-refractivity contribution in [1.29, 1.82) is 0 Å². The Bertz CT molecular complexity index is 367. The van der Waals surface area contributed by atoms with Crippen LogP contribution in [-0.2, 0) is 0 Å². The van der Waals surface area contributed by atoms with Crippen molar-refractivity contribution in [1.82, 2.24) is 4.98 Å². The SMILES string of the molecule is [SeH]c1nc(-c2ccccc2)c[se]1. The Balaban J connectivity index is 2.45. The third-order valence-corrected chi connectivity index (χ3v) is 4.27. The molecule has 0 radical (unpaired) electrons. The number of nitrogens with zero attached hydrogens (tertiary/aromatic N) is 1. The van der Waals surface area contributed by atoms with Crippen molar-refractivity contribution < 1.29 is 0 Å². The Morgan fingerprint density at radius 1 is 1.17 bits per heavy atom. The van der Waals surface area contributed by atoms with E-state index in [1.165, 1.54) is 9.03 Å². The second kappa shape index (κ2) is 3.59. The summed E-state index contributed by atoms with van der Waals surface area (Å²) in [7, 11) is 0. The fraction of sp³-hybridized carbons (Fsp3) is 0. The molecule has 1 heterocycles. The van der Waals surface area contributed by atoms with Gasteiger partial charge in [-0.25, -0.2) is 0 Å². The Morgan fingerprint density at radius 3 is 2.50 bits per heavy atom. The van der Waals surface area contributed by atoms with Crippen molar-refractivity contribution in [3.05, 3.63) is 35.3 Å². The van der Waals surface area contributed by atoms with Gasteiger partial charge in [-0.2, -0.15) is 0 Å². The van der Waals surface area contributed by atoms with E-state index in [0.717, 1.165) is 5.69 Å². The van der Waals surface area contributed by atoms with Crippen LogP contribution in [0.25, 0.3) is 11.3 Å². The van der Waals surface area contributed by atoms with Gasteiger partial charge in [0.1, 0.15) is 0 Å². The van der Waals surface area contributed by atoms with Crippen molar-refractivity contribution in [2.75, 3.05) is 0 Å². The predicted octanol–water partition coefficient (Wildman–Crippen LogP) is 0.332. The number of aromatic nitrogens is 1. The van der Waals surface area contributed by atoms with E-state index in [4.69, 9.17) is 0 Å². The van der Waals surface area contributed by atoms with Gasteiger partial charge in [0.25, 0.3) is 0 Å². The second-order valence-corrected chi connectivity index (χ2v) is 6.55. The Hall–Kier alpha value is -0.331. The molecule has 0 aliphatic carbocycles. The normalized spacial score (nSPS) is 10.1. The summed E-state index contributed by atoms with van der Waals surface area (Å²) in [5.41, 5.74) is 2.35. The van der Waals surface area contributed by atoms with Crippen molar-refractivity contribution in [2.24, 2.45) is 0 Å². The zero-order valence-corrected chi connectivity index (χ0v) is 9.86. The average molecular weight is 287 g/mol. The third-order valence-electron chi connectivity index (χ3n) is 1.56. The standard InChI is InChI=1S/C9H7NSe2/c11-9-10-8(6-12-9)7-4-2-1-3-5-7/h1-6H,(H,10,11). The third kappa shape index (κ3) is 1.70. The van der Waals surface area contributed by atoms with Crippen LogP contribution in [0.2, 0.25) is 0 Å². The van der Waals surface area contributed by atoms with Crippen molar-refractivity contribution in [3.63, 3.8) is 0 Å². The molecule has 12 heavy (non-hydrogen) atoms. The minimum absolute atomic E-state index is 0.463. The molecule has 0 N–H and O–H groups in total. The first-order valence-corrected chi connectivity index (χ1v) is 6.34. The van der Waals surface area contributed by atoms with E-state index in [1.807, 2.05) is 18.2 Å². The van der Waals surface area contributed by atoms with E-state index in [9.17, 15) is 0 Å². The topological polar surface area (TPSA) is 12.9 Å². The first-order chi connectivity index (χ1) is 5.86. The van der Waals surface area contributed by atoms with E-state index in [1.54, 1.807) is 0 Å². The van der Waals surface area contributed by atoms with Gasteiger partial charge in [-0.05, 0) is 0 Å². The van der Waals surface area contributed by atoms with Gasteiger partial charge < -0.3 is 0 Å². The van der Waals surface area contributed by atoms with Crippen molar-refractivity contribution >= 4 is 34.0 Å². The number of rotatable bonds is 1. The first kappa shape index (κ1) is 8.28. The van der Waals surface area contributed by atoms with Gasteiger partial charge in [0, 0.05) is 0 Å². The van der Waals surface area contributed by atoms with E-state index < -0.39 is 0 Å². The molecule has 0 spiro atoms. The molecule has 2 rings (SSSR count). The molecule has 1 aromatic carbocycles. The molecule has 0 saturated heterocycles. The fourth-order valence-corrected chi connectivity index (χ4v) is 2.97. The van der Waals surface area contributed by atoms with Crippen LogP contribution in [0.3, 0.4) is 0 Å². The molecule has 0 amide bonds. The fourth-order valence-electron chi connectivity index (χ4n) is 1.01. The molecule has 60 valence electrons. The maximum absolute atomic E-state index is 4.44. The summed E-state index contributed by atoms with van der Waals surface area (Å²) < 4.78 is 1.20. The summed E-state index contributed by atoms with van der Waals surface area (Å²) in [4.78, 5) is 6.65. The zero-order chi connectivity index (χ0) is 8.39. The van der Waals surface area contributed by atoms with Gasteiger partial charge in [0.15, 0.2) is 0 Å². The molecule has 0 unspecified atom stereocenters. The van der Waals surface area contributed by atoms with Gasteiger partial charge in [-0.1, -0.05) is 0 Å². The number of hydrogen-bond donors (Lipinski definition) is 0. The molecule has 0 aliphatic rings. The van der Waals surface area contributed by atoms with Crippen LogP contribution in [-0.4, -0.2) is 35.5 Å². The summed E-state index contributed by atoms with van der Waals surface area (Å²) in [5.74, 6) is 0. The van der Waals surface area contributed by atoms with Crippen molar-refractivity contribution in [3.8, 4) is 11.3 Å². The van der Waals surface area contributed by atoms with Crippen LogP contribution in [0, 0.1) is 0 Å². The molecule has 1 nitrogen and oxygen atoms in total. The molecule has 0 fully saturated rings. The van der Waals surface area contributed by atoms with Gasteiger partial charge >= 0.3 is 85.5 Å². The molecule has 0 aliphatic heterocycles. The average Bonchev–Trinajstić information content (AvgIpc) is 2.54. The molecule has 3 heteroatoms. The van der Waals surface area contributed by atoms with Gasteiger partial charge in [-0.3, -0.25) is 0 Å². The van der Waals surface area contributed by atoms with Crippen LogP contribution < -0.4 is 3.47 Å². The van der Waals surface area contributed by atoms with Crippen LogP contribution in [0.5, 0.6) is 0 Å². The summed E-state index contributed by atoms with van der Waals surface area (Å²) in [5, 5.41) is 0. The van der Waals surface area contributed by atoms with Crippen LogP contribution >= 0.6 is 0 Å². The van der Waals surface area contributed by atoms with Crippen LogP contribution in [0.1, 0.15) is 0 Å². The van der Waals surface area contributed by atoms with E-state index in [2.05, 4.69) is 38.1 Å². The zero-order valence-electron chi connectivity index (χ0n) is 6.27. The molecule has 1 aromatic heterocycles. The molecule has 0 saturated carbocycles. The van der Waals surface area contributed by atoms with E-state index in [0.29, 0.717) is 14.5 Å². The van der Waals surface area contributed by atoms with E-state index >= 15 is 0 Å². The molecular weight excluding hydrogens is 280 g/mol. The van der Waals surface area contributed by atoms with Crippen molar-refractivity contribution in [2.45, 2.75) is 0 Å². The molecule has 0 bridgehead atoms. The van der Waals surface area contributed by atoms with E-state index in [-0.39, 0.29) is 0 Å². The summed E-state index contributed by atoms with van der Waals surface area (Å²) in [6, 6.07) is 10.3. The molecule has 2 aromatic rings. The summed E-state index contributed by atoms with van der Waals surface area (Å²) in [6.45, 7) is 0. The predicted molar refractivity (Wildman–Crippen MR) is 53.4 cm³/mol. The Kier molecular flexibility index (Phi) is 2.48. The van der Waals surface area contributed by atoms with Crippen LogP contribution in [0.4, 0.5) is 0 Å². The Labute approximate surface area is 85.4 Å². The maximum atomic E-state index is 4.44. The van der Waals surface area contributed by atoms with Gasteiger partial charge in [0.05, 0.1) is 0 Å². The minimum atomic E-state index is 0.463.